The Bertz CT molecular complexity index is 1150. The number of nitrogens with one attached hydrogen (secondary N) is 1. The van der Waals surface area contributed by atoms with Crippen molar-refractivity contribution in [3.05, 3.63) is 53.1 Å². The third-order valence-corrected chi connectivity index (χ3v) is 5.34. The molecule has 0 aliphatic heterocycles. The van der Waals surface area contributed by atoms with Gasteiger partial charge in [0.15, 0.2) is 0 Å². The zero-order chi connectivity index (χ0) is 19.7. The maximum atomic E-state index is 12.4. The van der Waals surface area contributed by atoms with Gasteiger partial charge in [0.1, 0.15) is 10.8 Å². The van der Waals surface area contributed by atoms with Crippen LogP contribution in [0.1, 0.15) is 29.2 Å². The first-order chi connectivity index (χ1) is 13.5. The molecule has 0 fully saturated rings. The molecule has 1 aromatic carbocycles. The molecular formula is C19H19N7OS. The molecule has 1 amide bonds. The first-order valence-electron chi connectivity index (χ1n) is 8.89. The summed E-state index contributed by atoms with van der Waals surface area (Å²) in [6.45, 7) is 5.74. The summed E-state index contributed by atoms with van der Waals surface area (Å²) in [4.78, 5) is 21.2. The van der Waals surface area contributed by atoms with Gasteiger partial charge in [-0.25, -0.2) is 9.50 Å². The lowest BCUT2D eigenvalue weighted by Crippen LogP contribution is -2.14. The molecule has 0 saturated carbocycles. The number of carbonyl (C=O) groups is 1. The quantitative estimate of drug-likeness (QED) is 0.559. The van der Waals surface area contributed by atoms with Crippen molar-refractivity contribution in [2.24, 2.45) is 0 Å². The molecule has 0 spiro atoms. The SMILES string of the molecule is Cc1nc2nc(C)c(CCC(=O)Nc3nnc(-c4ccccc4)s3)c(C)n2n1. The highest BCUT2D eigenvalue weighted by Gasteiger charge is 2.15. The number of amides is 1. The Hall–Kier alpha value is -3.20. The fourth-order valence-electron chi connectivity index (χ4n) is 3.06. The van der Waals surface area contributed by atoms with Gasteiger partial charge in [-0.15, -0.1) is 10.2 Å². The van der Waals surface area contributed by atoms with E-state index in [1.54, 1.807) is 4.52 Å². The Morgan fingerprint density at radius 1 is 1.11 bits per heavy atom. The number of hydrogen-bond donors (Lipinski definition) is 1. The Morgan fingerprint density at radius 2 is 1.89 bits per heavy atom. The number of aromatic nitrogens is 6. The number of hydrogen-bond acceptors (Lipinski definition) is 7. The number of fused-ring (bicyclic) bond motifs is 1. The minimum atomic E-state index is -0.107. The van der Waals surface area contributed by atoms with Gasteiger partial charge < -0.3 is 5.32 Å². The van der Waals surface area contributed by atoms with Crippen molar-refractivity contribution in [2.75, 3.05) is 5.32 Å². The van der Waals surface area contributed by atoms with Crippen molar-refractivity contribution in [3.8, 4) is 10.6 Å². The Morgan fingerprint density at radius 3 is 2.68 bits per heavy atom. The first kappa shape index (κ1) is 18.2. The van der Waals surface area contributed by atoms with Gasteiger partial charge in [-0.2, -0.15) is 10.1 Å². The van der Waals surface area contributed by atoms with E-state index in [0.717, 1.165) is 27.5 Å². The average Bonchev–Trinajstić information content (AvgIpc) is 3.28. The summed E-state index contributed by atoms with van der Waals surface area (Å²) < 4.78 is 1.73. The zero-order valence-corrected chi connectivity index (χ0v) is 16.6. The van der Waals surface area contributed by atoms with E-state index in [-0.39, 0.29) is 5.91 Å². The third-order valence-electron chi connectivity index (χ3n) is 4.45. The number of rotatable bonds is 5. The lowest BCUT2D eigenvalue weighted by Gasteiger charge is -2.09. The van der Waals surface area contributed by atoms with Crippen molar-refractivity contribution >= 4 is 28.2 Å². The van der Waals surface area contributed by atoms with Crippen LogP contribution in [0.5, 0.6) is 0 Å². The molecule has 3 heterocycles. The van der Waals surface area contributed by atoms with Crippen molar-refractivity contribution in [2.45, 2.75) is 33.6 Å². The topological polar surface area (TPSA) is 98.0 Å². The molecular weight excluding hydrogens is 374 g/mol. The second-order valence-electron chi connectivity index (χ2n) is 6.46. The number of anilines is 1. The number of nitrogens with zero attached hydrogens (tertiary/aromatic N) is 6. The van der Waals surface area contributed by atoms with Gasteiger partial charge in [-0.1, -0.05) is 41.7 Å². The summed E-state index contributed by atoms with van der Waals surface area (Å²) >= 11 is 1.36. The largest absolute Gasteiger partial charge is 0.301 e. The number of aryl methyl sites for hydroxylation is 3. The molecule has 0 aliphatic rings. The van der Waals surface area contributed by atoms with Crippen molar-refractivity contribution in [1.82, 2.24) is 29.8 Å². The number of benzene rings is 1. The molecule has 142 valence electrons. The smallest absolute Gasteiger partial charge is 0.252 e. The van der Waals surface area contributed by atoms with Crippen LogP contribution in [0.25, 0.3) is 16.3 Å². The van der Waals surface area contributed by atoms with Crippen LogP contribution < -0.4 is 5.32 Å². The fourth-order valence-corrected chi connectivity index (χ4v) is 3.83. The van der Waals surface area contributed by atoms with Crippen molar-refractivity contribution in [3.63, 3.8) is 0 Å². The van der Waals surface area contributed by atoms with Crippen LogP contribution in [0.15, 0.2) is 30.3 Å². The Kier molecular flexibility index (Phi) is 4.82. The average molecular weight is 393 g/mol. The second kappa shape index (κ2) is 7.43. The van der Waals surface area contributed by atoms with Gasteiger partial charge in [0.2, 0.25) is 11.0 Å². The molecule has 0 radical (unpaired) electrons. The Labute approximate surface area is 165 Å². The molecule has 0 saturated heterocycles. The minimum absolute atomic E-state index is 0.107. The molecule has 28 heavy (non-hydrogen) atoms. The van der Waals surface area contributed by atoms with E-state index < -0.39 is 0 Å². The normalized spacial score (nSPS) is 11.1. The van der Waals surface area contributed by atoms with Crippen LogP contribution in [-0.2, 0) is 11.2 Å². The zero-order valence-electron chi connectivity index (χ0n) is 15.8. The highest BCUT2D eigenvalue weighted by Crippen LogP contribution is 2.26. The Balaban J connectivity index is 1.44. The maximum Gasteiger partial charge on any atom is 0.252 e. The van der Waals surface area contributed by atoms with Gasteiger partial charge in [-0.05, 0) is 32.8 Å². The molecule has 0 unspecified atom stereocenters. The highest BCUT2D eigenvalue weighted by atomic mass is 32.1. The molecule has 4 rings (SSSR count). The van der Waals surface area contributed by atoms with E-state index in [1.165, 1.54) is 11.3 Å². The molecule has 4 aromatic rings. The van der Waals surface area contributed by atoms with E-state index in [2.05, 4.69) is 30.6 Å². The van der Waals surface area contributed by atoms with E-state index in [4.69, 9.17) is 0 Å². The molecule has 3 aromatic heterocycles. The second-order valence-corrected chi connectivity index (χ2v) is 7.44. The van der Waals surface area contributed by atoms with Gasteiger partial charge >= 0.3 is 0 Å². The van der Waals surface area contributed by atoms with E-state index in [0.29, 0.717) is 29.6 Å². The summed E-state index contributed by atoms with van der Waals surface area (Å²) in [5.41, 5.74) is 3.81. The molecule has 8 nitrogen and oxygen atoms in total. The van der Waals surface area contributed by atoms with Crippen LogP contribution in [0.4, 0.5) is 5.13 Å². The fraction of sp³-hybridized carbons (Fsp3) is 0.263. The molecule has 0 bridgehead atoms. The predicted octanol–water partition coefficient (Wildman–Crippen LogP) is 3.14. The van der Waals surface area contributed by atoms with Gasteiger partial charge in [0, 0.05) is 23.4 Å². The summed E-state index contributed by atoms with van der Waals surface area (Å²) in [5, 5.41) is 16.7. The van der Waals surface area contributed by atoms with Crippen molar-refractivity contribution < 1.29 is 4.79 Å². The molecule has 9 heteroatoms. The molecule has 0 aliphatic carbocycles. The van der Waals surface area contributed by atoms with Gasteiger partial charge in [0.05, 0.1) is 0 Å². The minimum Gasteiger partial charge on any atom is -0.301 e. The number of carbonyl (C=O) groups excluding carboxylic acids is 1. The van der Waals surface area contributed by atoms with Crippen LogP contribution in [-0.4, -0.2) is 35.7 Å². The van der Waals surface area contributed by atoms with Gasteiger partial charge in [-0.3, -0.25) is 4.79 Å². The lowest BCUT2D eigenvalue weighted by atomic mass is 10.1. The maximum absolute atomic E-state index is 12.4. The van der Waals surface area contributed by atoms with E-state index >= 15 is 0 Å². The first-order valence-corrected chi connectivity index (χ1v) is 9.71. The van der Waals surface area contributed by atoms with Crippen LogP contribution in [0.2, 0.25) is 0 Å². The third kappa shape index (κ3) is 3.61. The van der Waals surface area contributed by atoms with Crippen LogP contribution in [0, 0.1) is 20.8 Å². The van der Waals surface area contributed by atoms with Gasteiger partial charge in [0.25, 0.3) is 5.78 Å². The summed E-state index contributed by atoms with van der Waals surface area (Å²) in [5.74, 6) is 1.16. The summed E-state index contributed by atoms with van der Waals surface area (Å²) in [6.07, 6.45) is 0.887. The van der Waals surface area contributed by atoms with Crippen molar-refractivity contribution in [1.29, 1.82) is 0 Å². The van der Waals surface area contributed by atoms with E-state index in [9.17, 15) is 4.79 Å². The molecule has 1 N–H and O–H groups in total. The van der Waals surface area contributed by atoms with Crippen LogP contribution in [0.3, 0.4) is 0 Å². The lowest BCUT2D eigenvalue weighted by molar-refractivity contribution is -0.116. The monoisotopic (exact) mass is 393 g/mol. The predicted molar refractivity (Wildman–Crippen MR) is 107 cm³/mol. The summed E-state index contributed by atoms with van der Waals surface area (Å²) in [6, 6.07) is 9.77. The van der Waals surface area contributed by atoms with E-state index in [1.807, 2.05) is 51.1 Å². The summed E-state index contributed by atoms with van der Waals surface area (Å²) in [7, 11) is 0. The standard InChI is InChI=1S/C19H19N7OS/c1-11-15(12(2)26-18(20-11)21-13(3)25-26)9-10-16(27)22-19-24-23-17(28-19)14-7-5-4-6-8-14/h4-8H,9-10H2,1-3H3,(H,22,24,27). The molecule has 0 atom stereocenters. The highest BCUT2D eigenvalue weighted by molar-refractivity contribution is 7.18. The van der Waals surface area contributed by atoms with Crippen LogP contribution >= 0.6 is 11.3 Å².